The Balaban J connectivity index is 1.60. The van der Waals surface area contributed by atoms with E-state index in [0.29, 0.717) is 45.3 Å². The number of ether oxygens (including phenoxy) is 8. The van der Waals surface area contributed by atoms with Crippen molar-refractivity contribution in [2.24, 2.45) is 0 Å². The van der Waals surface area contributed by atoms with Crippen molar-refractivity contribution in [3.05, 3.63) is 70.5 Å². The van der Waals surface area contributed by atoms with Crippen LogP contribution >= 0.6 is 0 Å². The molecule has 11 heteroatoms. The summed E-state index contributed by atoms with van der Waals surface area (Å²) >= 11 is 0. The highest BCUT2D eigenvalue weighted by molar-refractivity contribution is 6.15. The Morgan fingerprint density at radius 1 is 0.881 bits per heavy atom. The van der Waals surface area contributed by atoms with E-state index in [9.17, 15) is 14.4 Å². The van der Waals surface area contributed by atoms with Crippen LogP contribution in [0.25, 0.3) is 6.08 Å². The molecule has 0 N–H and O–H groups in total. The van der Waals surface area contributed by atoms with Crippen LogP contribution in [0.2, 0.25) is 0 Å². The fourth-order valence-corrected chi connectivity index (χ4v) is 5.02. The number of esters is 2. The average Bonchev–Trinajstić information content (AvgIpc) is 3.32. The van der Waals surface area contributed by atoms with E-state index >= 15 is 0 Å². The van der Waals surface area contributed by atoms with Crippen molar-refractivity contribution in [2.45, 2.75) is 12.3 Å². The van der Waals surface area contributed by atoms with Crippen molar-refractivity contribution in [1.82, 2.24) is 0 Å². The van der Waals surface area contributed by atoms with E-state index in [1.54, 1.807) is 48.5 Å². The molecule has 0 saturated carbocycles. The van der Waals surface area contributed by atoms with Crippen LogP contribution in [0.5, 0.6) is 40.2 Å². The summed E-state index contributed by atoms with van der Waals surface area (Å²) in [6, 6.07) is 11.7. The third-order valence-corrected chi connectivity index (χ3v) is 6.93. The molecule has 0 fully saturated rings. The summed E-state index contributed by atoms with van der Waals surface area (Å²) in [4.78, 5) is 38.1. The lowest BCUT2D eigenvalue weighted by Gasteiger charge is -2.28. The van der Waals surface area contributed by atoms with Crippen LogP contribution in [-0.2, 0) is 14.3 Å². The van der Waals surface area contributed by atoms with Gasteiger partial charge in [-0.25, -0.2) is 4.79 Å². The van der Waals surface area contributed by atoms with Gasteiger partial charge in [-0.3, -0.25) is 9.59 Å². The summed E-state index contributed by atoms with van der Waals surface area (Å²) in [6.45, 7) is -0.378. The largest absolute Gasteiger partial charge is 0.493 e. The van der Waals surface area contributed by atoms with Gasteiger partial charge in [-0.15, -0.1) is 0 Å². The molecule has 218 valence electrons. The molecular formula is C31H28O11. The lowest BCUT2D eigenvalue weighted by molar-refractivity contribution is -0.143. The molecule has 1 unspecified atom stereocenters. The summed E-state index contributed by atoms with van der Waals surface area (Å²) in [5, 5.41) is 0. The van der Waals surface area contributed by atoms with E-state index in [1.807, 2.05) is 0 Å². The molecule has 2 heterocycles. The molecule has 0 aromatic heterocycles. The van der Waals surface area contributed by atoms with Crippen molar-refractivity contribution < 1.29 is 52.3 Å². The fraction of sp³-hybridized carbons (Fsp3) is 0.258. The van der Waals surface area contributed by atoms with E-state index in [0.717, 1.165) is 0 Å². The molecule has 0 spiro atoms. The van der Waals surface area contributed by atoms with Gasteiger partial charge in [-0.2, -0.15) is 0 Å². The predicted molar refractivity (Wildman–Crippen MR) is 148 cm³/mol. The molecule has 0 aliphatic carbocycles. The number of allylic oxidation sites excluding steroid dienone is 1. The molecule has 5 rings (SSSR count). The second kappa shape index (κ2) is 11.7. The highest BCUT2D eigenvalue weighted by atomic mass is 16.6. The molecule has 1 atom stereocenters. The van der Waals surface area contributed by atoms with Crippen molar-refractivity contribution >= 4 is 23.8 Å². The second-order valence-electron chi connectivity index (χ2n) is 9.23. The Morgan fingerprint density at radius 3 is 2.24 bits per heavy atom. The zero-order valence-corrected chi connectivity index (χ0v) is 23.6. The minimum Gasteiger partial charge on any atom is -0.493 e. The standard InChI is InChI=1S/C31H28O11/c1-35-21-8-6-7-17(29(21)40-15-26(33)38-4)19-14-25(32)41-20-10-9-18-28(34)22(42-30(18)27(19)20)11-16-12-23(36-2)31(39-5)24(13-16)37-3/h6-13,19H,14-15H2,1-5H3/b22-11-. The number of benzene rings is 3. The lowest BCUT2D eigenvalue weighted by Crippen LogP contribution is -2.22. The van der Waals surface area contributed by atoms with E-state index < -0.39 is 17.9 Å². The Bertz CT molecular complexity index is 1580. The maximum absolute atomic E-state index is 13.5. The van der Waals surface area contributed by atoms with Gasteiger partial charge in [-0.05, 0) is 42.0 Å². The molecule has 3 aromatic carbocycles. The maximum Gasteiger partial charge on any atom is 0.343 e. The molecule has 0 amide bonds. The Morgan fingerprint density at radius 2 is 1.60 bits per heavy atom. The molecule has 11 nitrogen and oxygen atoms in total. The number of fused-ring (bicyclic) bond motifs is 3. The van der Waals surface area contributed by atoms with E-state index in [2.05, 4.69) is 0 Å². The third-order valence-electron chi connectivity index (χ3n) is 6.93. The SMILES string of the molecule is COC(=O)COc1c(OC)cccc1C1CC(=O)Oc2ccc3c(c21)O/C(=C\c1cc(OC)c(OC)c(OC)c1)C3=O. The Hall–Kier alpha value is -5.19. The number of ketones is 1. The summed E-state index contributed by atoms with van der Waals surface area (Å²) in [5.41, 5.74) is 1.91. The fourth-order valence-electron chi connectivity index (χ4n) is 5.02. The molecular weight excluding hydrogens is 548 g/mol. The van der Waals surface area contributed by atoms with Gasteiger partial charge in [0.05, 0.1) is 47.5 Å². The first-order valence-electron chi connectivity index (χ1n) is 12.8. The van der Waals surface area contributed by atoms with Gasteiger partial charge < -0.3 is 37.9 Å². The van der Waals surface area contributed by atoms with Crippen LogP contribution < -0.4 is 33.2 Å². The zero-order valence-electron chi connectivity index (χ0n) is 23.6. The first-order chi connectivity index (χ1) is 20.3. The molecule has 3 aromatic rings. The molecule has 0 bridgehead atoms. The summed E-state index contributed by atoms with van der Waals surface area (Å²) in [5.74, 6) is 0.324. The maximum atomic E-state index is 13.5. The monoisotopic (exact) mass is 576 g/mol. The summed E-state index contributed by atoms with van der Waals surface area (Å²) in [7, 11) is 7.21. The number of rotatable bonds is 9. The predicted octanol–water partition coefficient (Wildman–Crippen LogP) is 4.33. The van der Waals surface area contributed by atoms with Crippen LogP contribution in [0.1, 0.15) is 39.4 Å². The van der Waals surface area contributed by atoms with Crippen LogP contribution in [0.3, 0.4) is 0 Å². The number of hydrogen-bond acceptors (Lipinski definition) is 11. The second-order valence-corrected chi connectivity index (χ2v) is 9.23. The van der Waals surface area contributed by atoms with Crippen LogP contribution in [0.4, 0.5) is 0 Å². The molecule has 42 heavy (non-hydrogen) atoms. The number of Topliss-reactive ketones (excluding diaryl/α,β-unsaturated/α-hetero) is 1. The Kier molecular flexibility index (Phi) is 7.92. The van der Waals surface area contributed by atoms with Gasteiger partial charge in [0, 0.05) is 17.0 Å². The number of carbonyl (C=O) groups is 3. The lowest BCUT2D eigenvalue weighted by atomic mass is 9.84. The molecule has 2 aliphatic rings. The van der Waals surface area contributed by atoms with Crippen molar-refractivity contribution in [2.75, 3.05) is 42.2 Å². The summed E-state index contributed by atoms with van der Waals surface area (Å²) < 4.78 is 44.0. The molecule has 0 radical (unpaired) electrons. The highest BCUT2D eigenvalue weighted by Crippen LogP contribution is 2.52. The van der Waals surface area contributed by atoms with E-state index in [1.165, 1.54) is 35.5 Å². The van der Waals surface area contributed by atoms with Crippen LogP contribution in [0.15, 0.2) is 48.2 Å². The van der Waals surface area contributed by atoms with Gasteiger partial charge in [0.2, 0.25) is 11.5 Å². The van der Waals surface area contributed by atoms with Gasteiger partial charge in [0.15, 0.2) is 35.4 Å². The number of para-hydroxylation sites is 1. The zero-order chi connectivity index (χ0) is 30.0. The number of carbonyl (C=O) groups excluding carboxylic acids is 3. The smallest absolute Gasteiger partial charge is 0.343 e. The van der Waals surface area contributed by atoms with Gasteiger partial charge >= 0.3 is 11.9 Å². The molecule has 0 saturated heterocycles. The van der Waals surface area contributed by atoms with Crippen molar-refractivity contribution in [3.63, 3.8) is 0 Å². The van der Waals surface area contributed by atoms with Crippen molar-refractivity contribution in [3.8, 4) is 40.2 Å². The van der Waals surface area contributed by atoms with E-state index in [4.69, 9.17) is 37.9 Å². The first kappa shape index (κ1) is 28.3. The van der Waals surface area contributed by atoms with E-state index in [-0.39, 0.29) is 41.8 Å². The van der Waals surface area contributed by atoms with Gasteiger partial charge in [0.25, 0.3) is 0 Å². The van der Waals surface area contributed by atoms with Crippen LogP contribution in [-0.4, -0.2) is 59.9 Å². The topological polar surface area (TPSA) is 125 Å². The number of methoxy groups -OCH3 is 5. The van der Waals surface area contributed by atoms with Gasteiger partial charge in [-0.1, -0.05) is 12.1 Å². The van der Waals surface area contributed by atoms with Crippen molar-refractivity contribution in [1.29, 1.82) is 0 Å². The highest BCUT2D eigenvalue weighted by Gasteiger charge is 2.40. The van der Waals surface area contributed by atoms with Gasteiger partial charge in [0.1, 0.15) is 11.5 Å². The Labute approximate surface area is 241 Å². The quantitative estimate of drug-likeness (QED) is 0.205. The van der Waals surface area contributed by atoms with Crippen LogP contribution in [0, 0.1) is 0 Å². The third kappa shape index (κ3) is 5.05. The summed E-state index contributed by atoms with van der Waals surface area (Å²) in [6.07, 6.45) is 1.49. The normalized spacial score (nSPS) is 16.1. The average molecular weight is 577 g/mol. The molecule has 2 aliphatic heterocycles. The minimum atomic E-state index is -0.646. The minimum absolute atomic E-state index is 0.0520. The first-order valence-corrected chi connectivity index (χ1v) is 12.8. The number of hydrogen-bond donors (Lipinski definition) is 0.